The topological polar surface area (TPSA) is 89.4 Å². The van der Waals surface area contributed by atoms with Crippen LogP contribution in [0.1, 0.15) is 51.0 Å². The highest BCUT2D eigenvalue weighted by Gasteiger charge is 2.42. The molecule has 0 aromatic heterocycles. The van der Waals surface area contributed by atoms with Gasteiger partial charge in [0.1, 0.15) is 5.82 Å². The molecule has 0 bridgehead atoms. The van der Waals surface area contributed by atoms with E-state index in [1.54, 1.807) is 12.1 Å². The molecule has 1 heterocycles. The summed E-state index contributed by atoms with van der Waals surface area (Å²) < 4.78 is 13.7. The molecule has 1 saturated carbocycles. The molecular weight excluding hydrogens is 333 g/mol. The van der Waals surface area contributed by atoms with Gasteiger partial charge in [0, 0.05) is 24.5 Å². The lowest BCUT2D eigenvalue weighted by Crippen LogP contribution is -2.44. The summed E-state index contributed by atoms with van der Waals surface area (Å²) in [6.07, 6.45) is 6.99. The maximum atomic E-state index is 13.7. The third kappa shape index (κ3) is 5.04. The molecule has 1 aromatic rings. The summed E-state index contributed by atoms with van der Waals surface area (Å²) in [5, 5.41) is 0. The van der Waals surface area contributed by atoms with Gasteiger partial charge in [0.05, 0.1) is 0 Å². The SMILES string of the molecule is CC1CC2CCCCC2N1C(=O)C[C@H](N)Cc1ccccc1F.NC=O. The third-order valence-electron chi connectivity index (χ3n) is 5.51. The van der Waals surface area contributed by atoms with Crippen LogP contribution in [-0.4, -0.2) is 35.3 Å². The molecule has 1 aliphatic heterocycles. The molecule has 0 spiro atoms. The van der Waals surface area contributed by atoms with E-state index in [4.69, 9.17) is 10.5 Å². The number of fused-ring (bicyclic) bond motifs is 1. The Bertz CT molecular complexity index is 610. The van der Waals surface area contributed by atoms with Crippen LogP contribution < -0.4 is 11.5 Å². The minimum Gasteiger partial charge on any atom is -0.372 e. The molecule has 1 saturated heterocycles. The molecule has 5 nitrogen and oxygen atoms in total. The van der Waals surface area contributed by atoms with Gasteiger partial charge in [-0.3, -0.25) is 9.59 Å². The van der Waals surface area contributed by atoms with Gasteiger partial charge < -0.3 is 16.4 Å². The first-order chi connectivity index (χ1) is 12.5. The highest BCUT2D eigenvalue weighted by molar-refractivity contribution is 5.78. The van der Waals surface area contributed by atoms with Crippen LogP contribution in [-0.2, 0) is 16.0 Å². The second-order valence-electron chi connectivity index (χ2n) is 7.39. The zero-order valence-electron chi connectivity index (χ0n) is 15.4. The number of benzene rings is 1. The molecular formula is C20H30FN3O2. The van der Waals surface area contributed by atoms with Gasteiger partial charge in [0.25, 0.3) is 0 Å². The van der Waals surface area contributed by atoms with Crippen LogP contribution >= 0.6 is 0 Å². The van der Waals surface area contributed by atoms with Gasteiger partial charge in [-0.2, -0.15) is 0 Å². The van der Waals surface area contributed by atoms with E-state index < -0.39 is 0 Å². The number of amides is 2. The second kappa shape index (κ2) is 9.67. The van der Waals surface area contributed by atoms with Crippen LogP contribution in [0.3, 0.4) is 0 Å². The molecule has 26 heavy (non-hydrogen) atoms. The maximum Gasteiger partial charge on any atom is 0.224 e. The number of nitrogens with zero attached hydrogens (tertiary/aromatic N) is 1. The smallest absolute Gasteiger partial charge is 0.224 e. The lowest BCUT2D eigenvalue weighted by atomic mass is 9.85. The van der Waals surface area contributed by atoms with E-state index in [1.807, 2.05) is 6.07 Å². The number of hydrogen-bond acceptors (Lipinski definition) is 3. The highest BCUT2D eigenvalue weighted by Crippen LogP contribution is 2.39. The molecule has 4 N–H and O–H groups in total. The van der Waals surface area contributed by atoms with Crippen molar-refractivity contribution in [1.29, 1.82) is 0 Å². The largest absolute Gasteiger partial charge is 0.372 e. The second-order valence-corrected chi connectivity index (χ2v) is 7.39. The van der Waals surface area contributed by atoms with Crippen molar-refractivity contribution in [2.24, 2.45) is 17.4 Å². The van der Waals surface area contributed by atoms with Crippen molar-refractivity contribution in [3.05, 3.63) is 35.6 Å². The van der Waals surface area contributed by atoms with Crippen LogP contribution in [0.2, 0.25) is 0 Å². The fourth-order valence-electron chi connectivity index (χ4n) is 4.49. The molecule has 6 heteroatoms. The molecule has 2 fully saturated rings. The Morgan fingerprint density at radius 2 is 2.00 bits per heavy atom. The Kier molecular flexibility index (Phi) is 7.57. The van der Waals surface area contributed by atoms with Gasteiger partial charge in [0.15, 0.2) is 0 Å². The Labute approximate surface area is 154 Å². The first kappa shape index (κ1) is 20.4. The van der Waals surface area contributed by atoms with Gasteiger partial charge in [-0.05, 0) is 50.2 Å². The number of hydrogen-bond donors (Lipinski definition) is 2. The Morgan fingerprint density at radius 1 is 1.35 bits per heavy atom. The van der Waals surface area contributed by atoms with Crippen LogP contribution in [0.15, 0.2) is 24.3 Å². The minimum atomic E-state index is -0.325. The van der Waals surface area contributed by atoms with Gasteiger partial charge in [-0.25, -0.2) is 4.39 Å². The van der Waals surface area contributed by atoms with E-state index >= 15 is 0 Å². The van der Waals surface area contributed by atoms with E-state index in [2.05, 4.69) is 17.6 Å². The van der Waals surface area contributed by atoms with E-state index in [0.29, 0.717) is 36.4 Å². The molecule has 0 radical (unpaired) electrons. The predicted octanol–water partition coefficient (Wildman–Crippen LogP) is 2.37. The molecule has 3 unspecified atom stereocenters. The first-order valence-corrected chi connectivity index (χ1v) is 9.43. The average molecular weight is 363 g/mol. The molecule has 1 aromatic carbocycles. The van der Waals surface area contributed by atoms with Gasteiger partial charge >= 0.3 is 0 Å². The predicted molar refractivity (Wildman–Crippen MR) is 99.6 cm³/mol. The summed E-state index contributed by atoms with van der Waals surface area (Å²) >= 11 is 0. The molecule has 144 valence electrons. The van der Waals surface area contributed by atoms with Crippen LogP contribution in [0, 0.1) is 11.7 Å². The Morgan fingerprint density at radius 3 is 2.69 bits per heavy atom. The number of carbonyl (C=O) groups excluding carboxylic acids is 2. The molecule has 2 aliphatic rings. The summed E-state index contributed by atoms with van der Waals surface area (Å²) in [5.74, 6) is 0.582. The number of nitrogens with two attached hydrogens (primary N) is 2. The van der Waals surface area contributed by atoms with Crippen LogP contribution in [0.4, 0.5) is 4.39 Å². The van der Waals surface area contributed by atoms with E-state index in [1.165, 1.54) is 25.3 Å². The standard InChI is InChI=1S/C19H27FN2O.CH3NO/c1-13-10-15-7-3-5-9-18(15)22(13)19(23)12-16(21)11-14-6-2-4-8-17(14)20;2-1-3/h2,4,6,8,13,15-16,18H,3,5,7,9-12,21H2,1H3;1H,(H2,2,3)/t13?,15?,16-,18?;/m1./s1. The molecule has 2 amide bonds. The number of halogens is 1. The van der Waals surface area contributed by atoms with Crippen molar-refractivity contribution < 1.29 is 14.0 Å². The molecule has 1 aliphatic carbocycles. The normalized spacial score (nSPS) is 25.7. The van der Waals surface area contributed by atoms with E-state index in [9.17, 15) is 9.18 Å². The molecule has 4 atom stereocenters. The van der Waals surface area contributed by atoms with Gasteiger partial charge in [-0.1, -0.05) is 31.0 Å². The summed E-state index contributed by atoms with van der Waals surface area (Å²) in [7, 11) is 0. The van der Waals surface area contributed by atoms with Crippen molar-refractivity contribution in [3.63, 3.8) is 0 Å². The number of rotatable bonds is 4. The number of carbonyl (C=O) groups is 2. The van der Waals surface area contributed by atoms with Crippen molar-refractivity contribution in [2.75, 3.05) is 0 Å². The van der Waals surface area contributed by atoms with Crippen molar-refractivity contribution in [3.8, 4) is 0 Å². The quantitative estimate of drug-likeness (QED) is 0.805. The fraction of sp³-hybridized carbons (Fsp3) is 0.600. The summed E-state index contributed by atoms with van der Waals surface area (Å²) in [6.45, 7) is 2.15. The van der Waals surface area contributed by atoms with E-state index in [-0.39, 0.29) is 24.2 Å². The van der Waals surface area contributed by atoms with Crippen LogP contribution in [0.5, 0.6) is 0 Å². The maximum absolute atomic E-state index is 13.7. The fourth-order valence-corrected chi connectivity index (χ4v) is 4.49. The monoisotopic (exact) mass is 363 g/mol. The summed E-state index contributed by atoms with van der Waals surface area (Å²) in [4.78, 5) is 23.4. The molecule has 3 rings (SSSR count). The van der Waals surface area contributed by atoms with Crippen LogP contribution in [0.25, 0.3) is 0 Å². The van der Waals surface area contributed by atoms with Gasteiger partial charge in [0.2, 0.25) is 12.3 Å². The zero-order chi connectivity index (χ0) is 19.1. The summed E-state index contributed by atoms with van der Waals surface area (Å²) in [5.41, 5.74) is 10.9. The third-order valence-corrected chi connectivity index (χ3v) is 5.51. The zero-order valence-corrected chi connectivity index (χ0v) is 15.4. The lowest BCUT2D eigenvalue weighted by Gasteiger charge is -2.34. The van der Waals surface area contributed by atoms with Crippen molar-refractivity contribution in [1.82, 2.24) is 4.90 Å². The minimum absolute atomic E-state index is 0.149. The average Bonchev–Trinajstić information content (AvgIpc) is 2.93. The van der Waals surface area contributed by atoms with E-state index in [0.717, 1.165) is 12.8 Å². The highest BCUT2D eigenvalue weighted by atomic mass is 19.1. The summed E-state index contributed by atoms with van der Waals surface area (Å²) in [6, 6.07) is 7.07. The number of primary amides is 1. The van der Waals surface area contributed by atoms with Crippen molar-refractivity contribution in [2.45, 2.75) is 70.0 Å². The van der Waals surface area contributed by atoms with Gasteiger partial charge in [-0.15, -0.1) is 0 Å². The van der Waals surface area contributed by atoms with Crippen molar-refractivity contribution >= 4 is 12.3 Å². The number of likely N-dealkylation sites (tertiary alicyclic amines) is 1. The first-order valence-electron chi connectivity index (χ1n) is 9.43. The Balaban J connectivity index is 0.000000758. The Hall–Kier alpha value is -1.95. The lowest BCUT2D eigenvalue weighted by molar-refractivity contribution is -0.134.